The third-order valence-electron chi connectivity index (χ3n) is 4.48. The molecule has 0 spiro atoms. The van der Waals surface area contributed by atoms with Gasteiger partial charge in [-0.2, -0.15) is 5.10 Å². The lowest BCUT2D eigenvalue weighted by molar-refractivity contribution is -0.120. The van der Waals surface area contributed by atoms with E-state index in [1.165, 1.54) is 19.5 Å². The number of aliphatic imine (C=N–C) groups is 1. The van der Waals surface area contributed by atoms with Gasteiger partial charge in [-0.3, -0.25) is 14.5 Å². The summed E-state index contributed by atoms with van der Waals surface area (Å²) < 4.78 is 1.72. The third kappa shape index (κ3) is 3.87. The van der Waals surface area contributed by atoms with Crippen LogP contribution in [0.25, 0.3) is 0 Å². The minimum Gasteiger partial charge on any atom is -0.357 e. The number of rotatable bonds is 5. The van der Waals surface area contributed by atoms with Crippen LogP contribution in [0.4, 0.5) is 5.69 Å². The molecule has 0 radical (unpaired) electrons. The number of hydrogen-bond donors (Lipinski definition) is 1. The summed E-state index contributed by atoms with van der Waals surface area (Å²) in [6.45, 7) is 8.79. The molecule has 0 bridgehead atoms. The molecule has 3 heterocycles. The van der Waals surface area contributed by atoms with Crippen LogP contribution in [0.15, 0.2) is 17.4 Å². The Bertz CT molecular complexity index is 593. The van der Waals surface area contributed by atoms with Crippen LogP contribution in [0.3, 0.4) is 0 Å². The van der Waals surface area contributed by atoms with Crippen LogP contribution in [0.1, 0.15) is 13.3 Å². The lowest BCUT2D eigenvalue weighted by atomic mass is 10.2. The Labute approximate surface area is 143 Å². The molecule has 2 saturated heterocycles. The van der Waals surface area contributed by atoms with Gasteiger partial charge in [0.15, 0.2) is 5.96 Å². The molecular formula is C16H27N7O. The predicted octanol–water partition coefficient (Wildman–Crippen LogP) is -0.260. The van der Waals surface area contributed by atoms with Crippen molar-refractivity contribution in [3.8, 4) is 0 Å². The van der Waals surface area contributed by atoms with Crippen LogP contribution in [0, 0.1) is 0 Å². The van der Waals surface area contributed by atoms with Crippen LogP contribution < -0.4 is 10.2 Å². The molecule has 0 aromatic carbocycles. The number of nitrogens with zero attached hydrogens (tertiary/aromatic N) is 6. The zero-order valence-corrected chi connectivity index (χ0v) is 14.6. The lowest BCUT2D eigenvalue weighted by Gasteiger charge is -2.35. The predicted molar refractivity (Wildman–Crippen MR) is 94.2 cm³/mol. The van der Waals surface area contributed by atoms with Gasteiger partial charge in [0.05, 0.1) is 18.4 Å². The monoisotopic (exact) mass is 333 g/mol. The minimum absolute atomic E-state index is 0.0857. The van der Waals surface area contributed by atoms with Crippen molar-refractivity contribution in [1.82, 2.24) is 24.9 Å². The Balaban J connectivity index is 1.58. The van der Waals surface area contributed by atoms with Gasteiger partial charge < -0.3 is 20.0 Å². The van der Waals surface area contributed by atoms with Gasteiger partial charge in [-0.25, -0.2) is 0 Å². The SMILES string of the molecule is CCNC(=NCCN1CCC1)N1CCN(c2cnn(C)c2)C(=O)C1. The van der Waals surface area contributed by atoms with E-state index in [0.29, 0.717) is 13.1 Å². The van der Waals surface area contributed by atoms with Crippen molar-refractivity contribution in [2.75, 3.05) is 57.3 Å². The van der Waals surface area contributed by atoms with Crippen molar-refractivity contribution in [3.63, 3.8) is 0 Å². The van der Waals surface area contributed by atoms with E-state index < -0.39 is 0 Å². The Morgan fingerprint density at radius 3 is 2.75 bits per heavy atom. The lowest BCUT2D eigenvalue weighted by Crippen LogP contribution is -2.55. The molecule has 8 heteroatoms. The van der Waals surface area contributed by atoms with E-state index in [1.54, 1.807) is 15.8 Å². The Kier molecular flexibility index (Phi) is 5.34. The van der Waals surface area contributed by atoms with Crippen molar-refractivity contribution in [2.45, 2.75) is 13.3 Å². The van der Waals surface area contributed by atoms with E-state index in [4.69, 9.17) is 4.99 Å². The highest BCUT2D eigenvalue weighted by atomic mass is 16.2. The number of aryl methyl sites for hydroxylation is 1. The molecule has 1 N–H and O–H groups in total. The molecule has 0 atom stereocenters. The van der Waals surface area contributed by atoms with E-state index in [1.807, 2.05) is 13.2 Å². The number of amides is 1. The van der Waals surface area contributed by atoms with E-state index in [0.717, 1.165) is 37.8 Å². The van der Waals surface area contributed by atoms with E-state index in [9.17, 15) is 4.79 Å². The summed E-state index contributed by atoms with van der Waals surface area (Å²) in [5, 5.41) is 7.46. The van der Waals surface area contributed by atoms with Gasteiger partial charge in [0.2, 0.25) is 5.91 Å². The van der Waals surface area contributed by atoms with Crippen molar-refractivity contribution in [1.29, 1.82) is 0 Å². The first-order valence-corrected chi connectivity index (χ1v) is 8.72. The van der Waals surface area contributed by atoms with Crippen molar-refractivity contribution >= 4 is 17.6 Å². The molecule has 2 aliphatic rings. The quantitative estimate of drug-likeness (QED) is 0.594. The molecule has 1 amide bonds. The smallest absolute Gasteiger partial charge is 0.246 e. The van der Waals surface area contributed by atoms with Crippen molar-refractivity contribution in [2.24, 2.45) is 12.0 Å². The first kappa shape index (κ1) is 16.8. The van der Waals surface area contributed by atoms with E-state index in [-0.39, 0.29) is 5.91 Å². The maximum atomic E-state index is 12.5. The van der Waals surface area contributed by atoms with Gasteiger partial charge >= 0.3 is 0 Å². The average molecular weight is 333 g/mol. The molecule has 0 saturated carbocycles. The highest BCUT2D eigenvalue weighted by Gasteiger charge is 2.27. The van der Waals surface area contributed by atoms with Crippen LogP contribution >= 0.6 is 0 Å². The molecular weight excluding hydrogens is 306 g/mol. The summed E-state index contributed by atoms with van der Waals surface area (Å²) in [5.41, 5.74) is 0.863. The number of carbonyl (C=O) groups excluding carboxylic acids is 1. The summed E-state index contributed by atoms with van der Waals surface area (Å²) >= 11 is 0. The number of carbonyl (C=O) groups is 1. The molecule has 1 aromatic heterocycles. The molecule has 8 nitrogen and oxygen atoms in total. The zero-order chi connectivity index (χ0) is 16.9. The van der Waals surface area contributed by atoms with Crippen LogP contribution in [-0.2, 0) is 11.8 Å². The van der Waals surface area contributed by atoms with Gasteiger partial charge in [-0.1, -0.05) is 0 Å². The van der Waals surface area contributed by atoms with Crippen LogP contribution in [0.5, 0.6) is 0 Å². The summed E-state index contributed by atoms with van der Waals surface area (Å²) in [5.74, 6) is 0.930. The van der Waals surface area contributed by atoms with Gasteiger partial charge in [0.25, 0.3) is 0 Å². The summed E-state index contributed by atoms with van der Waals surface area (Å²) in [6.07, 6.45) is 4.91. The highest BCUT2D eigenvalue weighted by Crippen LogP contribution is 2.16. The van der Waals surface area contributed by atoms with Gasteiger partial charge in [0.1, 0.15) is 6.54 Å². The second-order valence-corrected chi connectivity index (χ2v) is 6.27. The topological polar surface area (TPSA) is 69.0 Å². The third-order valence-corrected chi connectivity index (χ3v) is 4.48. The molecule has 1 aromatic rings. The fourth-order valence-electron chi connectivity index (χ4n) is 3.00. The average Bonchev–Trinajstić information content (AvgIpc) is 2.94. The largest absolute Gasteiger partial charge is 0.357 e. The molecule has 3 rings (SSSR count). The standard InChI is InChI=1S/C16H27N7O/c1-3-17-16(18-5-8-21-6-4-7-21)22-9-10-23(15(24)13-22)14-11-19-20(2)12-14/h11-12H,3-10,13H2,1-2H3,(H,17,18). The second-order valence-electron chi connectivity index (χ2n) is 6.27. The fourth-order valence-corrected chi connectivity index (χ4v) is 3.00. The first-order valence-electron chi connectivity index (χ1n) is 8.72. The number of aromatic nitrogens is 2. The van der Waals surface area contributed by atoms with E-state index in [2.05, 4.69) is 27.1 Å². The van der Waals surface area contributed by atoms with Crippen LogP contribution in [-0.4, -0.2) is 83.8 Å². The molecule has 24 heavy (non-hydrogen) atoms. The van der Waals surface area contributed by atoms with E-state index >= 15 is 0 Å². The van der Waals surface area contributed by atoms with Crippen LogP contribution in [0.2, 0.25) is 0 Å². The second kappa shape index (κ2) is 7.65. The van der Waals surface area contributed by atoms with Crippen molar-refractivity contribution < 1.29 is 4.79 Å². The first-order chi connectivity index (χ1) is 11.7. The minimum atomic E-state index is 0.0857. The summed E-state index contributed by atoms with van der Waals surface area (Å²) in [4.78, 5) is 23.5. The number of nitrogens with one attached hydrogen (secondary N) is 1. The fraction of sp³-hybridized carbons (Fsp3) is 0.688. The highest BCUT2D eigenvalue weighted by molar-refractivity contribution is 5.98. The Morgan fingerprint density at radius 2 is 2.17 bits per heavy atom. The van der Waals surface area contributed by atoms with Gasteiger partial charge in [0, 0.05) is 39.4 Å². The Morgan fingerprint density at radius 1 is 1.33 bits per heavy atom. The zero-order valence-electron chi connectivity index (χ0n) is 14.6. The number of piperazine rings is 1. The van der Waals surface area contributed by atoms with Crippen molar-refractivity contribution in [3.05, 3.63) is 12.4 Å². The van der Waals surface area contributed by atoms with Gasteiger partial charge in [-0.05, 0) is 26.4 Å². The maximum absolute atomic E-state index is 12.5. The number of hydrogen-bond acceptors (Lipinski definition) is 4. The molecule has 2 aliphatic heterocycles. The molecule has 0 aliphatic carbocycles. The summed E-state index contributed by atoms with van der Waals surface area (Å²) in [6, 6.07) is 0. The molecule has 0 unspecified atom stereocenters. The normalized spacial score (nSPS) is 19.6. The molecule has 132 valence electrons. The number of guanidine groups is 1. The Hall–Kier alpha value is -2.09. The summed E-state index contributed by atoms with van der Waals surface area (Å²) in [7, 11) is 1.86. The molecule has 2 fully saturated rings. The number of likely N-dealkylation sites (tertiary alicyclic amines) is 1. The van der Waals surface area contributed by atoms with Gasteiger partial charge in [-0.15, -0.1) is 0 Å². The maximum Gasteiger partial charge on any atom is 0.246 e. The number of anilines is 1.